The zero-order chi connectivity index (χ0) is 28.0. The second-order valence-corrected chi connectivity index (χ2v) is 11.5. The third-order valence-corrected chi connectivity index (χ3v) is 8.15. The van der Waals surface area contributed by atoms with E-state index < -0.39 is 0 Å². The van der Waals surface area contributed by atoms with E-state index in [2.05, 4.69) is 31.9 Å². The average Bonchev–Trinajstić information content (AvgIpc) is 3.79. The van der Waals surface area contributed by atoms with Gasteiger partial charge in [-0.1, -0.05) is 0 Å². The summed E-state index contributed by atoms with van der Waals surface area (Å²) in [7, 11) is 3.74. The first-order chi connectivity index (χ1) is 19.9. The van der Waals surface area contributed by atoms with Crippen LogP contribution in [0.2, 0.25) is 0 Å². The van der Waals surface area contributed by atoms with Gasteiger partial charge in [-0.25, -0.2) is 15.0 Å². The first-order valence-corrected chi connectivity index (χ1v) is 14.2. The highest BCUT2D eigenvalue weighted by molar-refractivity contribution is 5.95. The summed E-state index contributed by atoms with van der Waals surface area (Å²) in [5.74, 6) is 2.05. The minimum Gasteiger partial charge on any atom is -0.485 e. The fraction of sp³-hybridized carbons (Fsp3) is 0.467. The molecule has 11 heteroatoms. The maximum atomic E-state index is 12.9. The molecule has 2 saturated carbocycles. The number of nitrogens with one attached hydrogen (secondary N) is 1. The summed E-state index contributed by atoms with van der Waals surface area (Å²) < 4.78 is 24.0. The summed E-state index contributed by atoms with van der Waals surface area (Å²) in [6, 6.07) is 9.74. The number of nitrogens with zero attached hydrogens (tertiary/aromatic N) is 5. The van der Waals surface area contributed by atoms with Crippen molar-refractivity contribution in [2.45, 2.75) is 36.9 Å². The van der Waals surface area contributed by atoms with Gasteiger partial charge in [-0.15, -0.1) is 0 Å². The van der Waals surface area contributed by atoms with Crippen LogP contribution in [0, 0.1) is 0 Å². The number of piperazine rings is 1. The predicted octanol–water partition coefficient (Wildman–Crippen LogP) is 3.52. The Balaban J connectivity index is 1.12. The smallest absolute Gasteiger partial charge is 0.274 e. The number of hydrogen-bond donors (Lipinski definition) is 1. The number of H-pyrrole nitrogens is 1. The van der Waals surface area contributed by atoms with Gasteiger partial charge in [0.15, 0.2) is 0 Å². The number of rotatable bonds is 9. The highest BCUT2D eigenvalue weighted by Crippen LogP contribution is 2.44. The van der Waals surface area contributed by atoms with E-state index in [4.69, 9.17) is 18.9 Å². The molecule has 1 amide bonds. The maximum Gasteiger partial charge on any atom is 0.274 e. The number of likely N-dealkylation sites (N-methyl/N-ethyl adjacent to an activating group) is 1. The largest absolute Gasteiger partial charge is 0.485 e. The Morgan fingerprint density at radius 3 is 2.46 bits per heavy atom. The number of aliphatic imine (C=N–C) groups is 1. The van der Waals surface area contributed by atoms with Gasteiger partial charge in [0.2, 0.25) is 11.8 Å². The van der Waals surface area contributed by atoms with Gasteiger partial charge < -0.3 is 33.7 Å². The van der Waals surface area contributed by atoms with Crippen molar-refractivity contribution in [1.82, 2.24) is 24.8 Å². The molecule has 41 heavy (non-hydrogen) atoms. The van der Waals surface area contributed by atoms with Gasteiger partial charge in [0.25, 0.3) is 5.91 Å². The molecular formula is C30H34N6O5. The van der Waals surface area contributed by atoms with Crippen LogP contribution in [0.15, 0.2) is 47.7 Å². The number of benzene rings is 1. The van der Waals surface area contributed by atoms with Gasteiger partial charge in [0.05, 0.1) is 25.5 Å². The molecule has 0 unspecified atom stereocenters. The highest BCUT2D eigenvalue weighted by atomic mass is 16.5. The van der Waals surface area contributed by atoms with Crippen LogP contribution in [-0.4, -0.2) is 101 Å². The topological polar surface area (TPSA) is 114 Å². The van der Waals surface area contributed by atoms with Crippen LogP contribution in [0.5, 0.6) is 17.4 Å². The maximum absolute atomic E-state index is 12.9. The fourth-order valence-corrected chi connectivity index (χ4v) is 5.26. The number of hydrogen-bond acceptors (Lipinski definition) is 9. The van der Waals surface area contributed by atoms with Gasteiger partial charge in [0, 0.05) is 50.6 Å². The lowest BCUT2D eigenvalue weighted by atomic mass is 10.1. The lowest BCUT2D eigenvalue weighted by Gasteiger charge is -2.32. The number of aromatic amines is 1. The van der Waals surface area contributed by atoms with E-state index in [0.29, 0.717) is 42.8 Å². The number of amides is 1. The number of aromatic nitrogens is 3. The van der Waals surface area contributed by atoms with E-state index in [9.17, 15) is 4.79 Å². The quantitative estimate of drug-likeness (QED) is 0.424. The molecule has 2 aliphatic heterocycles. The number of carbonyl (C=O) groups excluding carboxylic acids is 1. The lowest BCUT2D eigenvalue weighted by molar-refractivity contribution is 0.0638. The summed E-state index contributed by atoms with van der Waals surface area (Å²) >= 11 is 0. The molecule has 1 spiro atoms. The molecule has 0 bridgehead atoms. The molecule has 3 fully saturated rings. The van der Waals surface area contributed by atoms with Crippen molar-refractivity contribution >= 4 is 11.8 Å². The normalized spacial score (nSPS) is 20.4. The molecule has 0 radical (unpaired) electrons. The Morgan fingerprint density at radius 1 is 1.00 bits per heavy atom. The van der Waals surface area contributed by atoms with Crippen molar-refractivity contribution in [3.63, 3.8) is 0 Å². The van der Waals surface area contributed by atoms with Gasteiger partial charge in [-0.3, -0.25) is 4.79 Å². The summed E-state index contributed by atoms with van der Waals surface area (Å²) in [5.41, 5.74) is 2.53. The fourth-order valence-electron chi connectivity index (χ4n) is 5.26. The molecular weight excluding hydrogens is 524 g/mol. The summed E-state index contributed by atoms with van der Waals surface area (Å²) in [6.45, 7) is 4.29. The van der Waals surface area contributed by atoms with Crippen LogP contribution in [0.4, 0.5) is 0 Å². The molecule has 214 valence electrons. The second kappa shape index (κ2) is 10.1. The first kappa shape index (κ1) is 26.0. The van der Waals surface area contributed by atoms with Crippen LogP contribution < -0.4 is 9.47 Å². The Morgan fingerprint density at radius 2 is 1.78 bits per heavy atom. The number of ether oxygens (including phenoxy) is 4. The molecule has 2 aliphatic carbocycles. The van der Waals surface area contributed by atoms with E-state index in [-0.39, 0.29) is 23.0 Å². The van der Waals surface area contributed by atoms with E-state index >= 15 is 0 Å². The van der Waals surface area contributed by atoms with Crippen molar-refractivity contribution in [3.8, 4) is 28.6 Å². The average molecular weight is 559 g/mol. The Bertz CT molecular complexity index is 1470. The Kier molecular flexibility index (Phi) is 6.43. The summed E-state index contributed by atoms with van der Waals surface area (Å²) in [4.78, 5) is 33.7. The molecule has 1 saturated heterocycles. The van der Waals surface area contributed by atoms with Crippen LogP contribution in [0.25, 0.3) is 11.3 Å². The van der Waals surface area contributed by atoms with Crippen LogP contribution >= 0.6 is 0 Å². The zero-order valence-corrected chi connectivity index (χ0v) is 23.4. The SMILES string of the molecule is COCC1(Oc2cc(Oc3cnc(C(=O)N4CCN(C)CC4)cn3)cc(-c3ccc(C4=NCC5(CC5)O4)[nH]3)c2)CC1. The predicted molar refractivity (Wildman–Crippen MR) is 151 cm³/mol. The third kappa shape index (κ3) is 5.51. The molecule has 0 atom stereocenters. The Labute approximate surface area is 238 Å². The van der Waals surface area contributed by atoms with Crippen molar-refractivity contribution in [1.29, 1.82) is 0 Å². The Hall–Kier alpha value is -3.96. The second-order valence-electron chi connectivity index (χ2n) is 11.5. The minimum atomic E-state index is -0.318. The number of carbonyl (C=O) groups is 1. The summed E-state index contributed by atoms with van der Waals surface area (Å²) in [5, 5.41) is 0. The van der Waals surface area contributed by atoms with Gasteiger partial charge in [-0.05, 0) is 57.0 Å². The molecule has 4 heterocycles. The van der Waals surface area contributed by atoms with Crippen LogP contribution in [0.1, 0.15) is 41.9 Å². The standard InChI is InChI=1S/C30H34N6O5/c1-35-9-11-36(12-10-35)28(37)25-16-32-26(17-31-25)39-21-13-20(14-22(15-21)40-30(7-8-30)19-38-2)23-3-4-24(34-23)27-33-18-29(41-27)5-6-29/h3-4,13-17,34H,5-12,18-19H2,1-2H3. The van der Waals surface area contributed by atoms with Gasteiger partial charge >= 0.3 is 0 Å². The van der Waals surface area contributed by atoms with Crippen molar-refractivity contribution in [3.05, 3.63) is 54.1 Å². The van der Waals surface area contributed by atoms with E-state index in [1.807, 2.05) is 35.2 Å². The molecule has 1 aromatic carbocycles. The van der Waals surface area contributed by atoms with Crippen molar-refractivity contribution in [2.24, 2.45) is 4.99 Å². The molecule has 1 N–H and O–H groups in total. The van der Waals surface area contributed by atoms with Gasteiger partial charge in [0.1, 0.15) is 34.1 Å². The van der Waals surface area contributed by atoms with Crippen LogP contribution in [0.3, 0.4) is 0 Å². The van der Waals surface area contributed by atoms with E-state index in [1.165, 1.54) is 12.4 Å². The number of methoxy groups -OCH3 is 1. The molecule has 3 aromatic rings. The highest BCUT2D eigenvalue weighted by Gasteiger charge is 2.49. The van der Waals surface area contributed by atoms with Crippen molar-refractivity contribution in [2.75, 3.05) is 53.5 Å². The zero-order valence-electron chi connectivity index (χ0n) is 23.4. The first-order valence-electron chi connectivity index (χ1n) is 14.2. The monoisotopic (exact) mass is 558 g/mol. The molecule has 2 aromatic heterocycles. The van der Waals surface area contributed by atoms with Gasteiger partial charge in [-0.2, -0.15) is 0 Å². The molecule has 4 aliphatic rings. The lowest BCUT2D eigenvalue weighted by Crippen LogP contribution is -2.47. The van der Waals surface area contributed by atoms with Crippen LogP contribution in [-0.2, 0) is 9.47 Å². The minimum absolute atomic E-state index is 0.0685. The van der Waals surface area contributed by atoms with Crippen molar-refractivity contribution < 1.29 is 23.7 Å². The molecule has 11 nitrogen and oxygen atoms in total. The third-order valence-electron chi connectivity index (χ3n) is 8.15. The van der Waals surface area contributed by atoms with E-state index in [1.54, 1.807) is 7.11 Å². The summed E-state index contributed by atoms with van der Waals surface area (Å²) in [6.07, 6.45) is 6.94. The molecule has 7 rings (SSSR count). The van der Waals surface area contributed by atoms with E-state index in [0.717, 1.165) is 62.3 Å².